The molecule has 2 aromatic rings. The van der Waals surface area contributed by atoms with Gasteiger partial charge in [-0.3, -0.25) is 9.48 Å². The molecule has 1 aromatic heterocycles. The Morgan fingerprint density at radius 1 is 1.29 bits per heavy atom. The van der Waals surface area contributed by atoms with Crippen LogP contribution in [0.3, 0.4) is 0 Å². The Morgan fingerprint density at radius 2 is 2.05 bits per heavy atom. The molecule has 1 aliphatic rings. The van der Waals surface area contributed by atoms with Crippen LogP contribution in [0.2, 0.25) is 0 Å². The molecular formula is C16H20N4O. The molecule has 5 heteroatoms. The number of aromatic nitrogens is 2. The molecule has 2 heterocycles. The third-order valence-electron chi connectivity index (χ3n) is 3.85. The second-order valence-corrected chi connectivity index (χ2v) is 5.46. The second-order valence-electron chi connectivity index (χ2n) is 5.46. The highest BCUT2D eigenvalue weighted by Gasteiger charge is 2.21. The minimum Gasteiger partial charge on any atom is -0.381 e. The highest BCUT2D eigenvalue weighted by molar-refractivity contribution is 5.95. The van der Waals surface area contributed by atoms with Gasteiger partial charge in [-0.1, -0.05) is 0 Å². The summed E-state index contributed by atoms with van der Waals surface area (Å²) in [4.78, 5) is 13.6. The van der Waals surface area contributed by atoms with Crippen LogP contribution in [-0.2, 0) is 18.4 Å². The molecule has 3 rings (SSSR count). The van der Waals surface area contributed by atoms with Gasteiger partial charge in [0.1, 0.15) is 0 Å². The number of nitrogens with zero attached hydrogens (tertiary/aromatic N) is 3. The predicted molar refractivity (Wildman–Crippen MR) is 83.3 cm³/mol. The van der Waals surface area contributed by atoms with Crippen LogP contribution in [0.1, 0.15) is 24.1 Å². The number of anilines is 2. The Bertz CT molecular complexity index is 645. The lowest BCUT2D eigenvalue weighted by molar-refractivity contribution is -0.117. The van der Waals surface area contributed by atoms with E-state index < -0.39 is 0 Å². The molecule has 1 N–H and O–H groups in total. The molecule has 0 unspecified atom stereocenters. The number of hydrogen-bond donors (Lipinski definition) is 1. The Morgan fingerprint density at radius 3 is 2.62 bits per heavy atom. The minimum absolute atomic E-state index is 0.224. The van der Waals surface area contributed by atoms with E-state index in [4.69, 9.17) is 0 Å². The van der Waals surface area contributed by atoms with Crippen molar-refractivity contribution in [2.24, 2.45) is 7.05 Å². The lowest BCUT2D eigenvalue weighted by Crippen LogP contribution is -2.23. The van der Waals surface area contributed by atoms with Crippen molar-refractivity contribution in [3.8, 4) is 0 Å². The maximum Gasteiger partial charge on any atom is 0.227 e. The van der Waals surface area contributed by atoms with E-state index in [1.807, 2.05) is 54.0 Å². The lowest BCUT2D eigenvalue weighted by atomic mass is 10.2. The predicted octanol–water partition coefficient (Wildman–Crippen LogP) is 2.47. The number of nitrogens with one attached hydrogen (secondary N) is 1. The Hall–Kier alpha value is -2.30. The van der Waals surface area contributed by atoms with E-state index in [2.05, 4.69) is 10.4 Å². The van der Waals surface area contributed by atoms with Crippen molar-refractivity contribution in [1.82, 2.24) is 9.78 Å². The fourth-order valence-corrected chi connectivity index (χ4v) is 2.70. The molecule has 0 radical (unpaired) electrons. The summed E-state index contributed by atoms with van der Waals surface area (Å²) < 4.78 is 1.83. The zero-order valence-electron chi connectivity index (χ0n) is 12.5. The summed E-state index contributed by atoms with van der Waals surface area (Å²) in [6.45, 7) is 3.60. The summed E-state index contributed by atoms with van der Waals surface area (Å²) in [5, 5.41) is 7.72. The van der Waals surface area contributed by atoms with Crippen molar-refractivity contribution < 1.29 is 4.79 Å². The van der Waals surface area contributed by atoms with Crippen LogP contribution < -0.4 is 10.2 Å². The number of aryl methyl sites for hydroxylation is 2. The molecule has 0 bridgehead atoms. The summed E-state index contributed by atoms with van der Waals surface area (Å²) in [5.41, 5.74) is 4.27. The summed E-state index contributed by atoms with van der Waals surface area (Å²) in [6, 6.07) is 8.04. The number of carbonyl (C=O) groups is 1. The Kier molecular flexibility index (Phi) is 3.64. The molecule has 0 aliphatic carbocycles. The number of amides is 1. The van der Waals surface area contributed by atoms with Gasteiger partial charge in [0, 0.05) is 49.7 Å². The number of carbonyl (C=O) groups excluding carboxylic acids is 1. The average Bonchev–Trinajstić information content (AvgIpc) is 3.03. The van der Waals surface area contributed by atoms with Gasteiger partial charge in [-0.25, -0.2) is 0 Å². The van der Waals surface area contributed by atoms with Gasteiger partial charge < -0.3 is 10.2 Å². The number of rotatable bonds is 4. The fraction of sp³-hybridized carbons (Fsp3) is 0.375. The third-order valence-corrected chi connectivity index (χ3v) is 3.85. The van der Waals surface area contributed by atoms with Crippen LogP contribution in [0, 0.1) is 6.92 Å². The van der Waals surface area contributed by atoms with E-state index in [-0.39, 0.29) is 5.91 Å². The van der Waals surface area contributed by atoms with Gasteiger partial charge in [0.25, 0.3) is 0 Å². The standard InChI is InChI=1S/C16H20N4O/c1-12-13(11-19(2)18-12)10-17-14-5-7-15(8-6-14)20-9-3-4-16(20)21/h5-8,11,17H,3-4,9-10H2,1-2H3. The first-order valence-corrected chi connectivity index (χ1v) is 7.27. The van der Waals surface area contributed by atoms with Crippen LogP contribution in [0.5, 0.6) is 0 Å². The van der Waals surface area contributed by atoms with Crippen LogP contribution in [0.4, 0.5) is 11.4 Å². The first-order valence-electron chi connectivity index (χ1n) is 7.27. The minimum atomic E-state index is 0.224. The SMILES string of the molecule is Cc1nn(C)cc1CNc1ccc(N2CCCC2=O)cc1. The average molecular weight is 284 g/mol. The number of hydrogen-bond acceptors (Lipinski definition) is 3. The molecule has 0 atom stereocenters. The molecule has 5 nitrogen and oxygen atoms in total. The van der Waals surface area contributed by atoms with E-state index in [9.17, 15) is 4.79 Å². The molecular weight excluding hydrogens is 264 g/mol. The fourth-order valence-electron chi connectivity index (χ4n) is 2.70. The van der Waals surface area contributed by atoms with Crippen molar-refractivity contribution in [2.75, 3.05) is 16.8 Å². The summed E-state index contributed by atoms with van der Waals surface area (Å²) >= 11 is 0. The van der Waals surface area contributed by atoms with Gasteiger partial charge in [0.15, 0.2) is 0 Å². The molecule has 1 aliphatic heterocycles. The number of benzene rings is 1. The van der Waals surface area contributed by atoms with Gasteiger partial charge >= 0.3 is 0 Å². The Labute approximate surface area is 124 Å². The van der Waals surface area contributed by atoms with E-state index in [0.717, 1.165) is 36.6 Å². The van der Waals surface area contributed by atoms with Crippen molar-refractivity contribution in [1.29, 1.82) is 0 Å². The van der Waals surface area contributed by atoms with Crippen molar-refractivity contribution in [3.05, 3.63) is 41.7 Å². The zero-order valence-corrected chi connectivity index (χ0v) is 12.5. The summed E-state index contributed by atoms with van der Waals surface area (Å²) in [7, 11) is 1.93. The summed E-state index contributed by atoms with van der Waals surface area (Å²) in [6.07, 6.45) is 3.65. The molecule has 0 spiro atoms. The molecule has 110 valence electrons. The van der Waals surface area contributed by atoms with Crippen LogP contribution >= 0.6 is 0 Å². The normalized spacial score (nSPS) is 14.8. The molecule has 1 fully saturated rings. The van der Waals surface area contributed by atoms with Gasteiger partial charge in [0.2, 0.25) is 5.91 Å². The van der Waals surface area contributed by atoms with E-state index in [1.54, 1.807) is 0 Å². The second kappa shape index (κ2) is 5.60. The molecule has 21 heavy (non-hydrogen) atoms. The maximum atomic E-state index is 11.7. The van der Waals surface area contributed by atoms with E-state index in [1.165, 1.54) is 5.56 Å². The topological polar surface area (TPSA) is 50.2 Å². The molecule has 0 saturated carbocycles. The Balaban J connectivity index is 1.64. The maximum absolute atomic E-state index is 11.7. The van der Waals surface area contributed by atoms with Gasteiger partial charge in [-0.15, -0.1) is 0 Å². The van der Waals surface area contributed by atoms with E-state index >= 15 is 0 Å². The first kappa shape index (κ1) is 13.7. The van der Waals surface area contributed by atoms with Crippen molar-refractivity contribution in [3.63, 3.8) is 0 Å². The first-order chi connectivity index (χ1) is 10.1. The van der Waals surface area contributed by atoms with Gasteiger partial charge in [-0.05, 0) is 37.6 Å². The molecule has 1 saturated heterocycles. The van der Waals surface area contributed by atoms with Gasteiger partial charge in [-0.2, -0.15) is 5.10 Å². The van der Waals surface area contributed by atoms with Crippen molar-refractivity contribution >= 4 is 17.3 Å². The van der Waals surface area contributed by atoms with Crippen LogP contribution in [-0.4, -0.2) is 22.2 Å². The largest absolute Gasteiger partial charge is 0.381 e. The smallest absolute Gasteiger partial charge is 0.227 e. The lowest BCUT2D eigenvalue weighted by Gasteiger charge is -2.16. The highest BCUT2D eigenvalue weighted by atomic mass is 16.2. The third kappa shape index (κ3) is 2.91. The van der Waals surface area contributed by atoms with Gasteiger partial charge in [0.05, 0.1) is 5.69 Å². The van der Waals surface area contributed by atoms with E-state index in [0.29, 0.717) is 6.42 Å². The quantitative estimate of drug-likeness (QED) is 0.938. The summed E-state index contributed by atoms with van der Waals surface area (Å²) in [5.74, 6) is 0.224. The zero-order chi connectivity index (χ0) is 14.8. The van der Waals surface area contributed by atoms with Crippen molar-refractivity contribution in [2.45, 2.75) is 26.3 Å². The van der Waals surface area contributed by atoms with Crippen LogP contribution in [0.15, 0.2) is 30.5 Å². The molecule has 1 amide bonds. The molecule has 1 aromatic carbocycles. The van der Waals surface area contributed by atoms with Crippen LogP contribution in [0.25, 0.3) is 0 Å². The monoisotopic (exact) mass is 284 g/mol. The highest BCUT2D eigenvalue weighted by Crippen LogP contribution is 2.23.